The third kappa shape index (κ3) is 2.65. The number of benzene rings is 2. The summed E-state index contributed by atoms with van der Waals surface area (Å²) in [4.78, 5) is 2.72. The van der Waals surface area contributed by atoms with Gasteiger partial charge in [-0.05, 0) is 54.4 Å². The Kier molecular flexibility index (Phi) is 4.29. The molecule has 1 aromatic heterocycles. The van der Waals surface area contributed by atoms with Crippen molar-refractivity contribution in [2.75, 3.05) is 13.1 Å². The maximum Gasteiger partial charge on any atom is 0.0567 e. The Morgan fingerprint density at radius 2 is 1.70 bits per heavy atom. The van der Waals surface area contributed by atoms with E-state index in [1.54, 1.807) is 11.3 Å². The van der Waals surface area contributed by atoms with Gasteiger partial charge >= 0.3 is 0 Å². The summed E-state index contributed by atoms with van der Waals surface area (Å²) in [5.41, 5.74) is 9.12. The largest absolute Gasteiger partial charge is 0.313 e. The summed E-state index contributed by atoms with van der Waals surface area (Å²) in [6, 6.07) is 16.1. The summed E-state index contributed by atoms with van der Waals surface area (Å²) >= 11 is 0. The van der Waals surface area contributed by atoms with Gasteiger partial charge in [0.15, 0.2) is 0 Å². The lowest BCUT2D eigenvalue weighted by atomic mass is 9.84. The average Bonchev–Trinajstić information content (AvgIpc) is 2.87. The van der Waals surface area contributed by atoms with Crippen molar-refractivity contribution in [3.8, 4) is 5.69 Å². The van der Waals surface area contributed by atoms with Crippen molar-refractivity contribution in [1.29, 1.82) is 0 Å². The van der Waals surface area contributed by atoms with Gasteiger partial charge in [0.05, 0.1) is 5.52 Å². The van der Waals surface area contributed by atoms with Crippen molar-refractivity contribution in [1.82, 2.24) is 9.47 Å². The molecule has 0 saturated heterocycles. The fraction of sp³-hybridized carbons (Fsp3) is 0.417. The molecule has 2 aromatic carbocycles. The molecule has 1 fully saturated rings. The predicted octanol–water partition coefficient (Wildman–Crippen LogP) is 5.31. The van der Waals surface area contributed by atoms with E-state index in [-0.39, 0.29) is 12.4 Å². The molecule has 3 heteroatoms. The molecular formula is C24H27ClN2. The Balaban J connectivity index is 0.00000160. The number of para-hydroxylation sites is 2. The van der Waals surface area contributed by atoms with Gasteiger partial charge < -0.3 is 4.57 Å². The topological polar surface area (TPSA) is 8.17 Å². The van der Waals surface area contributed by atoms with Gasteiger partial charge in [-0.25, -0.2) is 0 Å². The normalized spacial score (nSPS) is 19.0. The first kappa shape index (κ1) is 17.3. The second-order valence-corrected chi connectivity index (χ2v) is 8.48. The molecule has 1 aliphatic carbocycles. The van der Waals surface area contributed by atoms with Crippen molar-refractivity contribution < 1.29 is 0 Å². The third-order valence-corrected chi connectivity index (χ3v) is 6.97. The van der Waals surface area contributed by atoms with E-state index < -0.39 is 0 Å². The highest BCUT2D eigenvalue weighted by Gasteiger charge is 2.29. The molecule has 0 amide bonds. The number of fused-ring (bicyclic) bond motifs is 5. The molecule has 0 N–H and O–H groups in total. The van der Waals surface area contributed by atoms with E-state index in [2.05, 4.69) is 51.9 Å². The highest BCUT2D eigenvalue weighted by Crippen LogP contribution is 2.39. The lowest BCUT2D eigenvalue weighted by Gasteiger charge is -2.35. The molecule has 3 aliphatic rings. The van der Waals surface area contributed by atoms with Gasteiger partial charge in [0.25, 0.3) is 0 Å². The second kappa shape index (κ2) is 6.68. The van der Waals surface area contributed by atoms with Crippen LogP contribution < -0.4 is 0 Å². The van der Waals surface area contributed by atoms with Crippen LogP contribution >= 0.6 is 12.4 Å². The Morgan fingerprint density at radius 1 is 0.889 bits per heavy atom. The summed E-state index contributed by atoms with van der Waals surface area (Å²) in [5, 5.41) is 1.51. The summed E-state index contributed by atoms with van der Waals surface area (Å²) in [7, 11) is 0. The van der Waals surface area contributed by atoms with Gasteiger partial charge in [0.1, 0.15) is 0 Å². The smallest absolute Gasteiger partial charge is 0.0567 e. The molecule has 0 radical (unpaired) electrons. The summed E-state index contributed by atoms with van der Waals surface area (Å²) < 4.78 is 2.63. The van der Waals surface area contributed by atoms with Crippen molar-refractivity contribution in [2.45, 2.75) is 45.1 Å². The number of aryl methyl sites for hydroxylation is 2. The van der Waals surface area contributed by atoms with Crippen LogP contribution in [0.1, 0.15) is 41.6 Å². The first-order valence-corrected chi connectivity index (χ1v) is 10.3. The molecule has 3 heterocycles. The zero-order chi connectivity index (χ0) is 17.1. The number of rotatable bonds is 2. The van der Waals surface area contributed by atoms with Crippen molar-refractivity contribution in [2.24, 2.45) is 5.92 Å². The first-order chi connectivity index (χ1) is 12.9. The van der Waals surface area contributed by atoms with Gasteiger partial charge in [-0.1, -0.05) is 42.8 Å². The minimum absolute atomic E-state index is 0. The van der Waals surface area contributed by atoms with Gasteiger partial charge in [0.2, 0.25) is 0 Å². The molecule has 0 spiro atoms. The van der Waals surface area contributed by atoms with Gasteiger partial charge in [0, 0.05) is 42.8 Å². The summed E-state index contributed by atoms with van der Waals surface area (Å²) in [6.45, 7) is 3.67. The number of hydrogen-bond donors (Lipinski definition) is 0. The fourth-order valence-electron chi connectivity index (χ4n) is 5.40. The molecule has 2 aliphatic heterocycles. The lowest BCUT2D eigenvalue weighted by molar-refractivity contribution is 0.165. The van der Waals surface area contributed by atoms with E-state index in [4.69, 9.17) is 0 Å². The van der Waals surface area contributed by atoms with E-state index >= 15 is 0 Å². The number of hydrogen-bond acceptors (Lipinski definition) is 1. The molecule has 6 rings (SSSR count). The molecule has 0 unspecified atom stereocenters. The summed E-state index contributed by atoms with van der Waals surface area (Å²) in [6.07, 6.45) is 7.83. The van der Waals surface area contributed by atoms with Gasteiger partial charge in [-0.15, -0.1) is 12.4 Å². The van der Waals surface area contributed by atoms with Crippen LogP contribution in [-0.2, 0) is 25.8 Å². The average molecular weight is 379 g/mol. The lowest BCUT2D eigenvalue weighted by Crippen LogP contribution is -2.36. The number of aromatic nitrogens is 1. The molecule has 0 atom stereocenters. The van der Waals surface area contributed by atoms with E-state index in [0.29, 0.717) is 0 Å². The summed E-state index contributed by atoms with van der Waals surface area (Å²) in [5.74, 6) is 0.958. The van der Waals surface area contributed by atoms with Crippen molar-refractivity contribution in [3.05, 3.63) is 64.8 Å². The van der Waals surface area contributed by atoms with Crippen LogP contribution in [0.4, 0.5) is 0 Å². The number of nitrogens with zero attached hydrogens (tertiary/aromatic N) is 2. The van der Waals surface area contributed by atoms with Crippen molar-refractivity contribution in [3.63, 3.8) is 0 Å². The molecular weight excluding hydrogens is 352 g/mol. The van der Waals surface area contributed by atoms with E-state index in [1.165, 1.54) is 66.5 Å². The van der Waals surface area contributed by atoms with Gasteiger partial charge in [-0.3, -0.25) is 4.90 Å². The minimum atomic E-state index is 0. The van der Waals surface area contributed by atoms with E-state index in [1.807, 2.05) is 0 Å². The van der Waals surface area contributed by atoms with E-state index in [9.17, 15) is 0 Å². The number of halogens is 1. The molecule has 0 bridgehead atoms. The maximum absolute atomic E-state index is 2.72. The van der Waals surface area contributed by atoms with Crippen LogP contribution in [0.15, 0.2) is 42.5 Å². The second-order valence-electron chi connectivity index (χ2n) is 8.48. The van der Waals surface area contributed by atoms with Crippen molar-refractivity contribution >= 4 is 23.3 Å². The standard InChI is InChI=1S/C24H26N2.ClH/c1-2-10-22-18(7-1)11-12-19-8-4-9-20-21-16-25(15-17-5-3-6-17)14-13-23(21)26(22)24(19)20;/h1-2,4,7-10,17H,3,5-6,11-16H2;1H. The van der Waals surface area contributed by atoms with Crippen LogP contribution in [0.5, 0.6) is 0 Å². The van der Waals surface area contributed by atoms with Crippen LogP contribution in [0.25, 0.3) is 16.6 Å². The maximum atomic E-state index is 2.72. The SMILES string of the molecule is Cl.c1ccc2c(c1)CCc1cccc3c4c(n-2c13)CCN(CC1CCC1)C4. The zero-order valence-corrected chi connectivity index (χ0v) is 16.6. The quantitative estimate of drug-likeness (QED) is 0.586. The van der Waals surface area contributed by atoms with E-state index in [0.717, 1.165) is 25.3 Å². The van der Waals surface area contributed by atoms with Crippen LogP contribution in [0.2, 0.25) is 0 Å². The highest BCUT2D eigenvalue weighted by atomic mass is 35.5. The molecule has 2 nitrogen and oxygen atoms in total. The predicted molar refractivity (Wildman–Crippen MR) is 114 cm³/mol. The Hall–Kier alpha value is -1.77. The van der Waals surface area contributed by atoms with Crippen LogP contribution in [0, 0.1) is 5.92 Å². The Labute approximate surface area is 167 Å². The fourth-order valence-corrected chi connectivity index (χ4v) is 5.40. The molecule has 1 saturated carbocycles. The van der Waals surface area contributed by atoms with Crippen LogP contribution in [0.3, 0.4) is 0 Å². The monoisotopic (exact) mass is 378 g/mol. The Bertz CT molecular complexity index is 999. The highest BCUT2D eigenvalue weighted by molar-refractivity contribution is 5.91. The first-order valence-electron chi connectivity index (χ1n) is 10.3. The third-order valence-electron chi connectivity index (χ3n) is 6.97. The van der Waals surface area contributed by atoms with Crippen LogP contribution in [-0.4, -0.2) is 22.6 Å². The molecule has 140 valence electrons. The molecule has 3 aromatic rings. The Morgan fingerprint density at radius 3 is 2.56 bits per heavy atom. The van der Waals surface area contributed by atoms with Gasteiger partial charge in [-0.2, -0.15) is 0 Å². The molecule has 27 heavy (non-hydrogen) atoms. The minimum Gasteiger partial charge on any atom is -0.313 e. The zero-order valence-electron chi connectivity index (χ0n) is 15.8.